The molecule has 2 aromatic carbocycles. The minimum absolute atomic E-state index is 0.409. The molecule has 5 nitrogen and oxygen atoms in total. The van der Waals surface area contributed by atoms with Gasteiger partial charge in [0.05, 0.1) is 11.8 Å². The van der Waals surface area contributed by atoms with Gasteiger partial charge in [-0.2, -0.15) is 5.10 Å². The van der Waals surface area contributed by atoms with Crippen LogP contribution in [0.25, 0.3) is 0 Å². The van der Waals surface area contributed by atoms with Crippen molar-refractivity contribution in [2.75, 3.05) is 0 Å². The molecule has 29 heavy (non-hydrogen) atoms. The molecule has 3 rings (SSSR count). The van der Waals surface area contributed by atoms with Crippen molar-refractivity contribution in [3.05, 3.63) is 63.6 Å². The molecule has 7 heteroatoms. The molecule has 1 aliphatic rings. The van der Waals surface area contributed by atoms with Gasteiger partial charge in [-0.3, -0.25) is 5.43 Å². The monoisotopic (exact) mass is 473 g/mol. The van der Waals surface area contributed by atoms with Gasteiger partial charge in [0, 0.05) is 16.1 Å². The van der Waals surface area contributed by atoms with Crippen LogP contribution in [0.15, 0.2) is 52.0 Å². The van der Waals surface area contributed by atoms with Gasteiger partial charge in [0.1, 0.15) is 5.75 Å². The van der Waals surface area contributed by atoms with E-state index in [9.17, 15) is 4.79 Å². The van der Waals surface area contributed by atoms with Crippen LogP contribution in [0, 0.1) is 6.92 Å². The maximum atomic E-state index is 12.5. The van der Waals surface area contributed by atoms with Crippen molar-refractivity contribution in [3.63, 3.8) is 0 Å². The Kier molecular flexibility index (Phi) is 7.77. The number of halogens is 1. The van der Waals surface area contributed by atoms with Crippen molar-refractivity contribution in [2.45, 2.75) is 45.1 Å². The highest BCUT2D eigenvalue weighted by Gasteiger charge is 2.14. The number of hydrazone groups is 1. The summed E-state index contributed by atoms with van der Waals surface area (Å²) in [7, 11) is 0. The van der Waals surface area contributed by atoms with E-state index in [2.05, 4.69) is 31.8 Å². The standard InChI is InChI=1S/C22H24BrN3O2S/c1-15-6-5-7-16(12-15)21(27)28-20-11-10-18(23)13-17(20)14-24-26-22(29)25-19-8-3-2-4-9-19/h5-7,10-14,19H,2-4,8-9H2,1H3,(H2,25,26,29). The van der Waals surface area contributed by atoms with E-state index in [1.807, 2.05) is 31.2 Å². The molecule has 0 radical (unpaired) electrons. The summed E-state index contributed by atoms with van der Waals surface area (Å²) in [5, 5.41) is 8.02. The third kappa shape index (κ3) is 6.65. The third-order valence-corrected chi connectivity index (χ3v) is 5.44. The first kappa shape index (κ1) is 21.5. The molecule has 0 unspecified atom stereocenters. The topological polar surface area (TPSA) is 62.7 Å². The molecule has 0 amide bonds. The Morgan fingerprint density at radius 1 is 1.21 bits per heavy atom. The molecule has 2 aromatic rings. The Morgan fingerprint density at radius 3 is 2.76 bits per heavy atom. The fraction of sp³-hybridized carbons (Fsp3) is 0.318. The molecule has 0 spiro atoms. The summed E-state index contributed by atoms with van der Waals surface area (Å²) in [6.07, 6.45) is 7.63. The van der Waals surface area contributed by atoms with Crippen LogP contribution in [0.4, 0.5) is 0 Å². The van der Waals surface area contributed by atoms with E-state index >= 15 is 0 Å². The van der Waals surface area contributed by atoms with Crippen LogP contribution in [-0.4, -0.2) is 23.3 Å². The SMILES string of the molecule is Cc1cccc(C(=O)Oc2ccc(Br)cc2C=NNC(=S)NC2CCCCC2)c1. The molecule has 0 aliphatic heterocycles. The van der Waals surface area contributed by atoms with Gasteiger partial charge in [0.2, 0.25) is 0 Å². The number of benzene rings is 2. The fourth-order valence-corrected chi connectivity index (χ4v) is 3.87. The zero-order valence-electron chi connectivity index (χ0n) is 16.3. The van der Waals surface area contributed by atoms with E-state index in [1.54, 1.807) is 24.4 Å². The lowest BCUT2D eigenvalue weighted by Gasteiger charge is -2.23. The number of hydrogen-bond donors (Lipinski definition) is 2. The highest BCUT2D eigenvalue weighted by atomic mass is 79.9. The number of thiocarbonyl (C=S) groups is 1. The van der Waals surface area contributed by atoms with Gasteiger partial charge in [0.25, 0.3) is 0 Å². The Balaban J connectivity index is 1.64. The molecular formula is C22H24BrN3O2S. The minimum atomic E-state index is -0.409. The van der Waals surface area contributed by atoms with E-state index in [0.717, 1.165) is 22.9 Å². The Labute approximate surface area is 185 Å². The first-order valence-corrected chi connectivity index (χ1v) is 10.9. The van der Waals surface area contributed by atoms with Crippen LogP contribution in [-0.2, 0) is 0 Å². The van der Waals surface area contributed by atoms with E-state index in [0.29, 0.717) is 28.0 Å². The largest absolute Gasteiger partial charge is 0.422 e. The molecule has 152 valence electrons. The van der Waals surface area contributed by atoms with Gasteiger partial charge >= 0.3 is 5.97 Å². The second kappa shape index (κ2) is 10.5. The number of nitrogens with zero attached hydrogens (tertiary/aromatic N) is 1. The predicted octanol–water partition coefficient (Wildman–Crippen LogP) is 5.11. The van der Waals surface area contributed by atoms with E-state index in [1.165, 1.54) is 19.3 Å². The average molecular weight is 474 g/mol. The third-order valence-electron chi connectivity index (χ3n) is 4.74. The summed E-state index contributed by atoms with van der Waals surface area (Å²) in [5.74, 6) is 0.0181. The lowest BCUT2D eigenvalue weighted by molar-refractivity contribution is 0.0734. The summed E-state index contributed by atoms with van der Waals surface area (Å²) in [5.41, 5.74) is 5.02. The molecule has 0 heterocycles. The van der Waals surface area contributed by atoms with E-state index < -0.39 is 5.97 Å². The minimum Gasteiger partial charge on any atom is -0.422 e. The molecule has 1 saturated carbocycles. The fourth-order valence-electron chi connectivity index (χ4n) is 3.27. The van der Waals surface area contributed by atoms with Crippen molar-refractivity contribution >= 4 is 45.4 Å². The zero-order chi connectivity index (χ0) is 20.6. The van der Waals surface area contributed by atoms with Crippen molar-refractivity contribution in [1.29, 1.82) is 0 Å². The van der Waals surface area contributed by atoms with Crippen LogP contribution in [0.5, 0.6) is 5.75 Å². The average Bonchev–Trinajstić information content (AvgIpc) is 2.70. The lowest BCUT2D eigenvalue weighted by Crippen LogP contribution is -2.40. The smallest absolute Gasteiger partial charge is 0.343 e. The summed E-state index contributed by atoms with van der Waals surface area (Å²) < 4.78 is 6.45. The van der Waals surface area contributed by atoms with Crippen molar-refractivity contribution in [2.24, 2.45) is 5.10 Å². The maximum absolute atomic E-state index is 12.5. The van der Waals surface area contributed by atoms with E-state index in [-0.39, 0.29) is 0 Å². The molecule has 0 aromatic heterocycles. The highest BCUT2D eigenvalue weighted by Crippen LogP contribution is 2.23. The number of hydrogen-bond acceptors (Lipinski definition) is 4. The summed E-state index contributed by atoms with van der Waals surface area (Å²) in [6, 6.07) is 13.1. The Morgan fingerprint density at radius 2 is 2.00 bits per heavy atom. The number of esters is 1. The molecular weight excluding hydrogens is 450 g/mol. The summed E-state index contributed by atoms with van der Waals surface area (Å²) in [4.78, 5) is 12.5. The highest BCUT2D eigenvalue weighted by molar-refractivity contribution is 9.10. The maximum Gasteiger partial charge on any atom is 0.343 e. The summed E-state index contributed by atoms with van der Waals surface area (Å²) >= 11 is 8.77. The van der Waals surface area contributed by atoms with Crippen molar-refractivity contribution in [1.82, 2.24) is 10.7 Å². The molecule has 0 bridgehead atoms. The summed E-state index contributed by atoms with van der Waals surface area (Å²) in [6.45, 7) is 1.93. The van der Waals surface area contributed by atoms with Gasteiger partial charge in [-0.1, -0.05) is 52.9 Å². The first-order valence-electron chi connectivity index (χ1n) is 9.69. The number of rotatable bonds is 5. The van der Waals surface area contributed by atoms with Gasteiger partial charge in [-0.25, -0.2) is 4.79 Å². The van der Waals surface area contributed by atoms with Crippen LogP contribution in [0.2, 0.25) is 0 Å². The Hall–Kier alpha value is -2.25. The van der Waals surface area contributed by atoms with Gasteiger partial charge in [-0.15, -0.1) is 0 Å². The molecule has 2 N–H and O–H groups in total. The zero-order valence-corrected chi connectivity index (χ0v) is 18.7. The van der Waals surface area contributed by atoms with Crippen LogP contribution in [0.3, 0.4) is 0 Å². The van der Waals surface area contributed by atoms with Crippen molar-refractivity contribution in [3.8, 4) is 5.75 Å². The van der Waals surface area contributed by atoms with Gasteiger partial charge in [0.15, 0.2) is 5.11 Å². The number of nitrogens with one attached hydrogen (secondary N) is 2. The first-order chi connectivity index (χ1) is 14.0. The number of carbonyl (C=O) groups excluding carboxylic acids is 1. The lowest BCUT2D eigenvalue weighted by atomic mass is 9.96. The molecule has 1 fully saturated rings. The molecule has 1 aliphatic carbocycles. The second-order valence-corrected chi connectivity index (χ2v) is 8.44. The Bertz CT molecular complexity index is 911. The van der Waals surface area contributed by atoms with Gasteiger partial charge in [-0.05, 0) is 62.3 Å². The van der Waals surface area contributed by atoms with Crippen LogP contribution in [0.1, 0.15) is 53.6 Å². The van der Waals surface area contributed by atoms with Crippen molar-refractivity contribution < 1.29 is 9.53 Å². The van der Waals surface area contributed by atoms with Crippen LogP contribution < -0.4 is 15.5 Å². The quantitative estimate of drug-likeness (QED) is 0.207. The number of aryl methyl sites for hydroxylation is 1. The van der Waals surface area contributed by atoms with Crippen LogP contribution >= 0.6 is 28.1 Å². The number of ether oxygens (including phenoxy) is 1. The molecule has 0 saturated heterocycles. The van der Waals surface area contributed by atoms with E-state index in [4.69, 9.17) is 17.0 Å². The van der Waals surface area contributed by atoms with Gasteiger partial charge < -0.3 is 10.1 Å². The predicted molar refractivity (Wildman–Crippen MR) is 124 cm³/mol. The molecule has 0 atom stereocenters. The normalized spacial score (nSPS) is 14.6. The second-order valence-electron chi connectivity index (χ2n) is 7.12. The number of carbonyl (C=O) groups is 1.